The molecule has 0 N–H and O–H groups in total. The van der Waals surface area contributed by atoms with E-state index in [-0.39, 0.29) is 0 Å². The van der Waals surface area contributed by atoms with Crippen LogP contribution in [0.1, 0.15) is 23.6 Å². The molecule has 0 saturated carbocycles. The molecule has 12 heavy (non-hydrogen) atoms. The Morgan fingerprint density at radius 3 is 2.75 bits per heavy atom. The van der Waals surface area contributed by atoms with Crippen LogP contribution in [-0.2, 0) is 6.42 Å². The summed E-state index contributed by atoms with van der Waals surface area (Å²) < 4.78 is 0. The molecule has 0 spiro atoms. The molecule has 1 rings (SSSR count). The molecule has 0 aromatic heterocycles. The lowest BCUT2D eigenvalue weighted by molar-refractivity contribution is 1.12. The third-order valence-corrected chi connectivity index (χ3v) is 2.19. The molecule has 1 aromatic carbocycles. The quantitative estimate of drug-likeness (QED) is 0.659. The predicted molar refractivity (Wildman–Crippen MR) is 58.6 cm³/mol. The summed E-state index contributed by atoms with van der Waals surface area (Å²) in [6, 6.07) is 6.39. The maximum atomic E-state index is 4.08. The van der Waals surface area contributed by atoms with Crippen LogP contribution in [0.2, 0.25) is 0 Å². The largest absolute Gasteiger partial charge is 0.151 e. The van der Waals surface area contributed by atoms with Crippen LogP contribution >= 0.6 is 12.6 Å². The van der Waals surface area contributed by atoms with Gasteiger partial charge in [0, 0.05) is 0 Å². The summed E-state index contributed by atoms with van der Waals surface area (Å²) >= 11 is 4.08. The van der Waals surface area contributed by atoms with Gasteiger partial charge in [0.25, 0.3) is 0 Å². The summed E-state index contributed by atoms with van der Waals surface area (Å²) in [5, 5.41) is 1.79. The molecule has 0 aliphatic rings. The lowest BCUT2D eigenvalue weighted by Gasteiger charge is -2.05. The zero-order valence-corrected chi connectivity index (χ0v) is 8.44. The molecule has 0 unspecified atom stereocenters. The molecule has 0 amide bonds. The van der Waals surface area contributed by atoms with E-state index in [4.69, 9.17) is 0 Å². The molecule has 0 saturated heterocycles. The molecule has 0 aliphatic carbocycles. The number of hydrogen-bond donors (Lipinski definition) is 1. The highest BCUT2D eigenvalue weighted by Crippen LogP contribution is 2.16. The van der Waals surface area contributed by atoms with E-state index >= 15 is 0 Å². The average Bonchev–Trinajstić information content (AvgIpc) is 2.09. The molecule has 0 atom stereocenters. The van der Waals surface area contributed by atoms with Crippen LogP contribution in [-0.4, -0.2) is 0 Å². The third kappa shape index (κ3) is 1.92. The fourth-order valence-electron chi connectivity index (χ4n) is 1.36. The first-order valence-electron chi connectivity index (χ1n) is 4.18. The second-order valence-corrected chi connectivity index (χ2v) is 3.12. The van der Waals surface area contributed by atoms with Crippen molar-refractivity contribution in [1.82, 2.24) is 0 Å². The van der Waals surface area contributed by atoms with Crippen LogP contribution in [0.25, 0.3) is 6.08 Å². The van der Waals surface area contributed by atoms with Crippen LogP contribution in [0.5, 0.6) is 0 Å². The maximum Gasteiger partial charge on any atom is -0.0190 e. The van der Waals surface area contributed by atoms with E-state index in [1.54, 1.807) is 5.41 Å². The van der Waals surface area contributed by atoms with Gasteiger partial charge in [-0.2, -0.15) is 12.6 Å². The second-order valence-electron chi connectivity index (χ2n) is 2.82. The number of hydrogen-bond acceptors (Lipinski definition) is 1. The SMILES string of the molecule is CCc1cccc(C)c1/C=C\S. The first-order chi connectivity index (χ1) is 5.79. The maximum absolute atomic E-state index is 4.08. The van der Waals surface area contributed by atoms with E-state index in [2.05, 4.69) is 50.8 Å². The zero-order chi connectivity index (χ0) is 8.97. The highest BCUT2D eigenvalue weighted by atomic mass is 32.1. The van der Waals surface area contributed by atoms with Gasteiger partial charge >= 0.3 is 0 Å². The number of rotatable bonds is 2. The van der Waals surface area contributed by atoms with Crippen LogP contribution in [0, 0.1) is 6.92 Å². The second kappa shape index (κ2) is 4.36. The van der Waals surface area contributed by atoms with Crippen molar-refractivity contribution in [1.29, 1.82) is 0 Å². The van der Waals surface area contributed by atoms with Gasteiger partial charge in [0.1, 0.15) is 0 Å². The average molecular weight is 178 g/mol. The van der Waals surface area contributed by atoms with E-state index < -0.39 is 0 Å². The van der Waals surface area contributed by atoms with Crippen molar-refractivity contribution in [2.75, 3.05) is 0 Å². The molecular formula is C11H14S. The van der Waals surface area contributed by atoms with Crippen molar-refractivity contribution in [3.8, 4) is 0 Å². The first-order valence-corrected chi connectivity index (χ1v) is 4.70. The van der Waals surface area contributed by atoms with Gasteiger partial charge in [0.15, 0.2) is 0 Å². The summed E-state index contributed by atoms with van der Waals surface area (Å²) in [7, 11) is 0. The normalized spacial score (nSPS) is 10.9. The molecule has 0 radical (unpaired) electrons. The number of benzene rings is 1. The van der Waals surface area contributed by atoms with Gasteiger partial charge in [0.05, 0.1) is 0 Å². The van der Waals surface area contributed by atoms with E-state index in [0.29, 0.717) is 0 Å². The lowest BCUT2D eigenvalue weighted by atomic mass is 10.0. The van der Waals surface area contributed by atoms with E-state index in [0.717, 1.165) is 6.42 Å². The van der Waals surface area contributed by atoms with Crippen molar-refractivity contribution >= 4 is 18.7 Å². The minimum atomic E-state index is 1.08. The Hall–Kier alpha value is -0.690. The Morgan fingerprint density at radius 1 is 1.42 bits per heavy atom. The Morgan fingerprint density at radius 2 is 2.17 bits per heavy atom. The fourth-order valence-corrected chi connectivity index (χ4v) is 1.51. The van der Waals surface area contributed by atoms with Crippen LogP contribution in [0.4, 0.5) is 0 Å². The number of aryl methyl sites for hydroxylation is 2. The van der Waals surface area contributed by atoms with Gasteiger partial charge in [-0.3, -0.25) is 0 Å². The molecule has 0 bridgehead atoms. The van der Waals surface area contributed by atoms with Gasteiger partial charge in [0.2, 0.25) is 0 Å². The molecule has 0 nitrogen and oxygen atoms in total. The summed E-state index contributed by atoms with van der Waals surface area (Å²) in [5.41, 5.74) is 4.02. The topological polar surface area (TPSA) is 0 Å². The monoisotopic (exact) mass is 178 g/mol. The molecular weight excluding hydrogens is 164 g/mol. The first kappa shape index (κ1) is 9.40. The third-order valence-electron chi connectivity index (χ3n) is 2.04. The van der Waals surface area contributed by atoms with Crippen molar-refractivity contribution in [2.45, 2.75) is 20.3 Å². The molecule has 0 aliphatic heterocycles. The Kier molecular flexibility index (Phi) is 3.42. The summed E-state index contributed by atoms with van der Waals surface area (Å²) in [6.45, 7) is 4.30. The lowest BCUT2D eigenvalue weighted by Crippen LogP contribution is -1.88. The van der Waals surface area contributed by atoms with Crippen molar-refractivity contribution in [3.05, 3.63) is 40.3 Å². The number of thiol groups is 1. The van der Waals surface area contributed by atoms with E-state index in [1.165, 1.54) is 16.7 Å². The Balaban J connectivity index is 3.19. The van der Waals surface area contributed by atoms with Crippen molar-refractivity contribution in [2.24, 2.45) is 0 Å². The Bertz CT molecular complexity index is 287. The highest BCUT2D eigenvalue weighted by Gasteiger charge is 1.98. The molecule has 1 heteroatoms. The fraction of sp³-hybridized carbons (Fsp3) is 0.273. The van der Waals surface area contributed by atoms with Gasteiger partial charge in [-0.25, -0.2) is 0 Å². The summed E-state index contributed by atoms with van der Waals surface area (Å²) in [4.78, 5) is 0. The summed E-state index contributed by atoms with van der Waals surface area (Å²) in [5.74, 6) is 0. The van der Waals surface area contributed by atoms with Gasteiger partial charge in [-0.1, -0.05) is 25.1 Å². The minimum Gasteiger partial charge on any atom is -0.151 e. The van der Waals surface area contributed by atoms with Crippen LogP contribution in [0.15, 0.2) is 23.6 Å². The molecule has 64 valence electrons. The summed E-state index contributed by atoms with van der Waals surface area (Å²) in [6.07, 6.45) is 3.13. The van der Waals surface area contributed by atoms with E-state index in [1.807, 2.05) is 0 Å². The smallest absolute Gasteiger partial charge is 0.0190 e. The predicted octanol–water partition coefficient (Wildman–Crippen LogP) is 3.46. The highest BCUT2D eigenvalue weighted by molar-refractivity contribution is 7.83. The van der Waals surface area contributed by atoms with Crippen LogP contribution in [0.3, 0.4) is 0 Å². The van der Waals surface area contributed by atoms with Crippen molar-refractivity contribution in [3.63, 3.8) is 0 Å². The zero-order valence-electron chi connectivity index (χ0n) is 7.54. The molecule has 1 aromatic rings. The van der Waals surface area contributed by atoms with Gasteiger partial charge in [-0.05, 0) is 41.5 Å². The molecule has 0 heterocycles. The van der Waals surface area contributed by atoms with Crippen molar-refractivity contribution < 1.29 is 0 Å². The van der Waals surface area contributed by atoms with Gasteiger partial charge in [-0.15, -0.1) is 0 Å². The molecule has 0 fully saturated rings. The standard InChI is InChI=1S/C11H14S/c1-3-10-6-4-5-9(2)11(10)7-8-12/h4-8,12H,3H2,1-2H3/b8-7-. The van der Waals surface area contributed by atoms with Gasteiger partial charge < -0.3 is 0 Å². The van der Waals surface area contributed by atoms with Crippen LogP contribution < -0.4 is 0 Å². The minimum absolute atomic E-state index is 1.08. The Labute approximate surface area is 79.7 Å². The van der Waals surface area contributed by atoms with E-state index in [9.17, 15) is 0 Å².